The smallest absolute Gasteiger partial charge is 0.410 e. The molecule has 1 amide bonds. The predicted molar refractivity (Wildman–Crippen MR) is 73.4 cm³/mol. The Labute approximate surface area is 120 Å². The molecule has 6 heteroatoms. The van der Waals surface area contributed by atoms with Crippen LogP contribution >= 0.6 is 0 Å². The summed E-state index contributed by atoms with van der Waals surface area (Å²) in [4.78, 5) is 24.6. The molecular formula is C14H25NO5. The molecule has 0 atom stereocenters. The van der Waals surface area contributed by atoms with Crippen molar-refractivity contribution < 1.29 is 23.8 Å². The first-order valence-electron chi connectivity index (χ1n) is 6.96. The first kappa shape index (κ1) is 16.8. The summed E-state index contributed by atoms with van der Waals surface area (Å²) in [5.41, 5.74) is -0.491. The molecule has 116 valence electrons. The minimum atomic E-state index is -0.491. The monoisotopic (exact) mass is 287 g/mol. The van der Waals surface area contributed by atoms with Crippen molar-refractivity contribution in [2.75, 3.05) is 20.3 Å². The maximum atomic E-state index is 11.8. The van der Waals surface area contributed by atoms with E-state index in [2.05, 4.69) is 0 Å². The molecule has 0 N–H and O–H groups in total. The second-order valence-electron chi connectivity index (χ2n) is 5.95. The summed E-state index contributed by atoms with van der Waals surface area (Å²) in [5, 5.41) is 0. The van der Waals surface area contributed by atoms with Gasteiger partial charge in [-0.25, -0.2) is 9.59 Å². The summed E-state index contributed by atoms with van der Waals surface area (Å²) in [6, 6.07) is 0.108. The fourth-order valence-electron chi connectivity index (χ4n) is 1.86. The Kier molecular flexibility index (Phi) is 5.80. The number of carbonyl (C=O) groups excluding carboxylic acids is 2. The van der Waals surface area contributed by atoms with Crippen LogP contribution in [-0.2, 0) is 19.0 Å². The molecule has 1 saturated carbocycles. The van der Waals surface area contributed by atoms with Crippen LogP contribution in [0.3, 0.4) is 0 Å². The van der Waals surface area contributed by atoms with E-state index < -0.39 is 5.60 Å². The van der Waals surface area contributed by atoms with Gasteiger partial charge in [-0.3, -0.25) is 0 Å². The molecule has 1 aliphatic carbocycles. The zero-order valence-electron chi connectivity index (χ0n) is 13.0. The maximum Gasteiger partial charge on any atom is 0.410 e. The summed E-state index contributed by atoms with van der Waals surface area (Å²) in [5.74, 6) is -0.351. The first-order chi connectivity index (χ1) is 9.23. The Morgan fingerprint density at radius 3 is 2.35 bits per heavy atom. The highest BCUT2D eigenvalue weighted by Crippen LogP contribution is 2.28. The van der Waals surface area contributed by atoms with E-state index in [0.29, 0.717) is 6.61 Å². The highest BCUT2D eigenvalue weighted by Gasteiger charge is 2.36. The van der Waals surface area contributed by atoms with Crippen LogP contribution in [0.2, 0.25) is 0 Å². The van der Waals surface area contributed by atoms with Crippen LogP contribution in [0.1, 0.15) is 40.5 Å². The third kappa shape index (κ3) is 5.36. The van der Waals surface area contributed by atoms with E-state index in [1.54, 1.807) is 18.9 Å². The number of rotatable bonds is 5. The molecule has 6 nitrogen and oxygen atoms in total. The van der Waals surface area contributed by atoms with Gasteiger partial charge in [-0.1, -0.05) is 0 Å². The zero-order chi connectivity index (χ0) is 15.3. The van der Waals surface area contributed by atoms with Crippen molar-refractivity contribution in [2.45, 2.75) is 58.3 Å². The molecule has 0 heterocycles. The predicted octanol–water partition coefficient (Wildman–Crippen LogP) is 1.96. The van der Waals surface area contributed by atoms with E-state index in [9.17, 15) is 9.59 Å². The topological polar surface area (TPSA) is 65.1 Å². The number of nitrogens with zero attached hydrogens (tertiary/aromatic N) is 1. The molecule has 0 aromatic rings. The van der Waals surface area contributed by atoms with Crippen molar-refractivity contribution in [1.29, 1.82) is 0 Å². The van der Waals surface area contributed by atoms with Crippen molar-refractivity contribution >= 4 is 12.1 Å². The Morgan fingerprint density at radius 2 is 1.85 bits per heavy atom. The van der Waals surface area contributed by atoms with E-state index in [1.807, 2.05) is 20.8 Å². The molecule has 0 aromatic carbocycles. The minimum absolute atomic E-state index is 0.00860. The van der Waals surface area contributed by atoms with Crippen molar-refractivity contribution in [3.63, 3.8) is 0 Å². The Balaban J connectivity index is 2.23. The molecule has 0 bridgehead atoms. The third-order valence-electron chi connectivity index (χ3n) is 3.04. The van der Waals surface area contributed by atoms with Gasteiger partial charge in [0.1, 0.15) is 12.2 Å². The van der Waals surface area contributed by atoms with Gasteiger partial charge in [0, 0.05) is 13.1 Å². The van der Waals surface area contributed by atoms with E-state index in [1.165, 1.54) is 0 Å². The zero-order valence-corrected chi connectivity index (χ0v) is 13.0. The molecule has 1 rings (SSSR count). The molecule has 1 aliphatic rings. The third-order valence-corrected chi connectivity index (χ3v) is 3.04. The summed E-state index contributed by atoms with van der Waals surface area (Å²) in [6.07, 6.45) is 1.12. The number of carbonyl (C=O) groups is 2. The lowest BCUT2D eigenvalue weighted by atomic mass is 9.88. The lowest BCUT2D eigenvalue weighted by Gasteiger charge is -2.40. The standard InChI is InChI=1S/C14H25NO5/c1-6-18-12(16)9-19-11-7-10(8-11)15(5)13(17)20-14(2,3)4/h10-11H,6-9H2,1-5H3. The highest BCUT2D eigenvalue weighted by atomic mass is 16.6. The first-order valence-corrected chi connectivity index (χ1v) is 6.96. The van der Waals surface area contributed by atoms with Crippen LogP contribution in [0.4, 0.5) is 4.79 Å². The van der Waals surface area contributed by atoms with Crippen LogP contribution in [-0.4, -0.2) is 55.0 Å². The lowest BCUT2D eigenvalue weighted by Crippen LogP contribution is -2.50. The van der Waals surface area contributed by atoms with E-state index >= 15 is 0 Å². The van der Waals surface area contributed by atoms with Crippen LogP contribution in [0, 0.1) is 0 Å². The number of amides is 1. The van der Waals surface area contributed by atoms with Crippen LogP contribution in [0.25, 0.3) is 0 Å². The van der Waals surface area contributed by atoms with Crippen molar-refractivity contribution in [3.05, 3.63) is 0 Å². The second kappa shape index (κ2) is 6.92. The second-order valence-corrected chi connectivity index (χ2v) is 5.95. The molecule has 20 heavy (non-hydrogen) atoms. The van der Waals surface area contributed by atoms with Crippen LogP contribution < -0.4 is 0 Å². The molecule has 1 fully saturated rings. The van der Waals surface area contributed by atoms with Gasteiger partial charge in [0.15, 0.2) is 0 Å². The SMILES string of the molecule is CCOC(=O)COC1CC(N(C)C(=O)OC(C)(C)C)C1. The van der Waals surface area contributed by atoms with Gasteiger partial charge in [0.2, 0.25) is 0 Å². The highest BCUT2D eigenvalue weighted by molar-refractivity contribution is 5.70. The number of hydrogen-bond donors (Lipinski definition) is 0. The summed E-state index contributed by atoms with van der Waals surface area (Å²) >= 11 is 0. The van der Waals surface area contributed by atoms with Crippen molar-refractivity contribution in [1.82, 2.24) is 4.90 Å². The Bertz CT molecular complexity index is 344. The summed E-state index contributed by atoms with van der Waals surface area (Å²) in [7, 11) is 1.72. The molecule has 0 saturated heterocycles. The molecular weight excluding hydrogens is 262 g/mol. The lowest BCUT2D eigenvalue weighted by molar-refractivity contribution is -0.153. The van der Waals surface area contributed by atoms with Gasteiger partial charge in [-0.05, 0) is 40.5 Å². The molecule has 0 spiro atoms. The normalized spacial score (nSPS) is 21.9. The van der Waals surface area contributed by atoms with E-state index in [4.69, 9.17) is 14.2 Å². The van der Waals surface area contributed by atoms with E-state index in [-0.39, 0.29) is 30.8 Å². The quantitative estimate of drug-likeness (QED) is 0.723. The van der Waals surface area contributed by atoms with Gasteiger partial charge in [0.05, 0.1) is 12.7 Å². The van der Waals surface area contributed by atoms with E-state index in [0.717, 1.165) is 12.8 Å². The average molecular weight is 287 g/mol. The summed E-state index contributed by atoms with van der Waals surface area (Å²) < 4.78 is 15.5. The van der Waals surface area contributed by atoms with Crippen LogP contribution in [0.5, 0.6) is 0 Å². The van der Waals surface area contributed by atoms with Gasteiger partial charge in [-0.15, -0.1) is 0 Å². The maximum absolute atomic E-state index is 11.8. The Morgan fingerprint density at radius 1 is 1.25 bits per heavy atom. The average Bonchev–Trinajstić information content (AvgIpc) is 2.24. The fraction of sp³-hybridized carbons (Fsp3) is 0.857. The number of ether oxygens (including phenoxy) is 3. The van der Waals surface area contributed by atoms with Crippen molar-refractivity contribution in [3.8, 4) is 0 Å². The van der Waals surface area contributed by atoms with Gasteiger partial charge < -0.3 is 19.1 Å². The Hall–Kier alpha value is -1.30. The van der Waals surface area contributed by atoms with Gasteiger partial charge >= 0.3 is 12.1 Å². The minimum Gasteiger partial charge on any atom is -0.464 e. The molecule has 0 unspecified atom stereocenters. The summed E-state index contributed by atoms with van der Waals surface area (Å²) in [6.45, 7) is 7.60. The fourth-order valence-corrected chi connectivity index (χ4v) is 1.86. The largest absolute Gasteiger partial charge is 0.464 e. The molecule has 0 radical (unpaired) electrons. The van der Waals surface area contributed by atoms with Crippen LogP contribution in [0.15, 0.2) is 0 Å². The molecule has 0 aromatic heterocycles. The van der Waals surface area contributed by atoms with Gasteiger partial charge in [0.25, 0.3) is 0 Å². The van der Waals surface area contributed by atoms with Crippen molar-refractivity contribution in [2.24, 2.45) is 0 Å². The molecule has 0 aliphatic heterocycles. The van der Waals surface area contributed by atoms with Gasteiger partial charge in [-0.2, -0.15) is 0 Å². The number of hydrogen-bond acceptors (Lipinski definition) is 5. The number of esters is 1.